The van der Waals surface area contributed by atoms with E-state index in [1.54, 1.807) is 0 Å². The topological polar surface area (TPSA) is 15.3 Å². The Hall–Kier alpha value is -0.680. The molecule has 19 heavy (non-hydrogen) atoms. The second kappa shape index (κ2) is 6.66. The smallest absolute Gasteiger partial charge is 0.149 e. The van der Waals surface area contributed by atoms with Crippen molar-refractivity contribution in [2.45, 2.75) is 32.2 Å². The van der Waals surface area contributed by atoms with Gasteiger partial charge in [-0.05, 0) is 47.8 Å². The molecule has 0 unspecified atom stereocenters. The minimum absolute atomic E-state index is 0.264. The first-order valence-electron chi connectivity index (χ1n) is 6.73. The second-order valence-corrected chi connectivity index (χ2v) is 5.86. The van der Waals surface area contributed by atoms with Gasteiger partial charge in [0.1, 0.15) is 11.6 Å². The number of rotatable bonds is 4. The maximum atomic E-state index is 13.6. The summed E-state index contributed by atoms with van der Waals surface area (Å²) in [5, 5.41) is 3.18. The van der Waals surface area contributed by atoms with Crippen LogP contribution in [0, 0.1) is 11.6 Å². The summed E-state index contributed by atoms with van der Waals surface area (Å²) in [7, 11) is 0. The standard InChI is InChI=1S/C14H19BrF2N2/c1-2-5-19-6-3-10(4-7-19)18-14-8-11(15)12(16)9-13(14)17/h8-10,18H,2-7H2,1H3. The zero-order valence-corrected chi connectivity index (χ0v) is 12.6. The van der Waals surface area contributed by atoms with Gasteiger partial charge >= 0.3 is 0 Å². The van der Waals surface area contributed by atoms with E-state index in [2.05, 4.69) is 33.1 Å². The molecule has 0 bridgehead atoms. The van der Waals surface area contributed by atoms with Gasteiger partial charge in [-0.1, -0.05) is 6.92 Å². The van der Waals surface area contributed by atoms with Gasteiger partial charge < -0.3 is 10.2 Å². The third-order valence-electron chi connectivity index (χ3n) is 3.50. The minimum atomic E-state index is -0.569. The Labute approximate surface area is 121 Å². The molecule has 0 amide bonds. The molecule has 1 N–H and O–H groups in total. The molecule has 0 saturated carbocycles. The molecular formula is C14H19BrF2N2. The van der Waals surface area contributed by atoms with Gasteiger partial charge in [-0.25, -0.2) is 8.78 Å². The first-order valence-corrected chi connectivity index (χ1v) is 7.53. The van der Waals surface area contributed by atoms with Crippen molar-refractivity contribution in [3.8, 4) is 0 Å². The van der Waals surface area contributed by atoms with Crippen LogP contribution >= 0.6 is 15.9 Å². The third-order valence-corrected chi connectivity index (χ3v) is 4.10. The average molecular weight is 333 g/mol. The molecule has 1 saturated heterocycles. The number of anilines is 1. The number of hydrogen-bond acceptors (Lipinski definition) is 2. The normalized spacial score (nSPS) is 17.7. The predicted octanol–water partition coefficient (Wildman–Crippen LogP) is 4.01. The molecule has 1 aliphatic rings. The Morgan fingerprint density at radius 3 is 2.58 bits per heavy atom. The van der Waals surface area contributed by atoms with Crippen molar-refractivity contribution < 1.29 is 8.78 Å². The van der Waals surface area contributed by atoms with E-state index in [1.807, 2.05) is 0 Å². The third kappa shape index (κ3) is 3.89. The molecule has 1 aromatic carbocycles. The van der Waals surface area contributed by atoms with Crippen LogP contribution in [0.1, 0.15) is 26.2 Å². The second-order valence-electron chi connectivity index (χ2n) is 5.01. The van der Waals surface area contributed by atoms with Crippen molar-refractivity contribution in [3.05, 3.63) is 28.2 Å². The molecule has 0 aliphatic carbocycles. The van der Waals surface area contributed by atoms with Crippen LogP contribution in [0.3, 0.4) is 0 Å². The van der Waals surface area contributed by atoms with E-state index in [0.717, 1.165) is 45.0 Å². The van der Waals surface area contributed by atoms with E-state index in [-0.39, 0.29) is 6.04 Å². The molecule has 1 fully saturated rings. The molecule has 1 aliphatic heterocycles. The van der Waals surface area contributed by atoms with Crippen LogP contribution in [0.5, 0.6) is 0 Å². The Morgan fingerprint density at radius 1 is 1.26 bits per heavy atom. The summed E-state index contributed by atoms with van der Waals surface area (Å²) >= 11 is 3.09. The lowest BCUT2D eigenvalue weighted by atomic mass is 10.0. The van der Waals surface area contributed by atoms with E-state index in [1.165, 1.54) is 6.07 Å². The van der Waals surface area contributed by atoms with Crippen LogP contribution in [-0.4, -0.2) is 30.6 Å². The van der Waals surface area contributed by atoms with E-state index in [0.29, 0.717) is 10.2 Å². The van der Waals surface area contributed by atoms with Crippen molar-refractivity contribution in [2.24, 2.45) is 0 Å². The van der Waals surface area contributed by atoms with Gasteiger partial charge in [0.25, 0.3) is 0 Å². The van der Waals surface area contributed by atoms with Gasteiger partial charge in [-0.2, -0.15) is 0 Å². The molecule has 0 aromatic heterocycles. The SMILES string of the molecule is CCCN1CCC(Nc2cc(Br)c(F)cc2F)CC1. The number of piperidine rings is 1. The van der Waals surface area contributed by atoms with Gasteiger partial charge in [-0.15, -0.1) is 0 Å². The highest BCUT2D eigenvalue weighted by molar-refractivity contribution is 9.10. The lowest BCUT2D eigenvalue weighted by molar-refractivity contribution is 0.219. The van der Waals surface area contributed by atoms with Crippen LogP contribution in [-0.2, 0) is 0 Å². The number of likely N-dealkylation sites (tertiary alicyclic amines) is 1. The summed E-state index contributed by atoms with van der Waals surface area (Å²) in [5.74, 6) is -1.10. The summed E-state index contributed by atoms with van der Waals surface area (Å²) in [4.78, 5) is 2.43. The Bertz CT molecular complexity index is 432. The Balaban J connectivity index is 1.94. The van der Waals surface area contributed by atoms with E-state index in [4.69, 9.17) is 0 Å². The lowest BCUT2D eigenvalue weighted by Crippen LogP contribution is -2.39. The first-order chi connectivity index (χ1) is 9.10. The highest BCUT2D eigenvalue weighted by Crippen LogP contribution is 2.25. The minimum Gasteiger partial charge on any atom is -0.380 e. The summed E-state index contributed by atoms with van der Waals surface area (Å²) in [6, 6.07) is 2.65. The molecule has 2 nitrogen and oxygen atoms in total. The monoisotopic (exact) mass is 332 g/mol. The van der Waals surface area contributed by atoms with Crippen LogP contribution in [0.4, 0.5) is 14.5 Å². The maximum Gasteiger partial charge on any atom is 0.149 e. The molecule has 1 aromatic rings. The van der Waals surface area contributed by atoms with Crippen LogP contribution in [0.25, 0.3) is 0 Å². The molecule has 1 heterocycles. The van der Waals surface area contributed by atoms with Crippen molar-refractivity contribution in [1.82, 2.24) is 4.90 Å². The van der Waals surface area contributed by atoms with Crippen molar-refractivity contribution >= 4 is 21.6 Å². The summed E-state index contributed by atoms with van der Waals surface area (Å²) in [6.07, 6.45) is 3.15. The zero-order valence-electron chi connectivity index (χ0n) is 11.1. The quantitative estimate of drug-likeness (QED) is 0.838. The van der Waals surface area contributed by atoms with Gasteiger partial charge in [-0.3, -0.25) is 0 Å². The van der Waals surface area contributed by atoms with Crippen molar-refractivity contribution in [3.63, 3.8) is 0 Å². The molecular weight excluding hydrogens is 314 g/mol. The number of nitrogens with one attached hydrogen (secondary N) is 1. The molecule has 106 valence electrons. The van der Waals surface area contributed by atoms with E-state index < -0.39 is 11.6 Å². The summed E-state index contributed by atoms with van der Waals surface area (Å²) in [6.45, 7) is 5.38. The first kappa shape index (κ1) is 14.7. The van der Waals surface area contributed by atoms with Crippen molar-refractivity contribution in [2.75, 3.05) is 25.0 Å². The highest BCUT2D eigenvalue weighted by atomic mass is 79.9. The predicted molar refractivity (Wildman–Crippen MR) is 77.4 cm³/mol. The molecule has 2 rings (SSSR count). The van der Waals surface area contributed by atoms with Gasteiger partial charge in [0.2, 0.25) is 0 Å². The summed E-state index contributed by atoms with van der Waals surface area (Å²) < 4.78 is 27.1. The molecule has 0 atom stereocenters. The number of benzene rings is 1. The molecule has 0 spiro atoms. The van der Waals surface area contributed by atoms with Crippen LogP contribution < -0.4 is 5.32 Å². The van der Waals surface area contributed by atoms with Crippen molar-refractivity contribution in [1.29, 1.82) is 0 Å². The Kier molecular flexibility index (Phi) is 5.16. The van der Waals surface area contributed by atoms with Crippen LogP contribution in [0.15, 0.2) is 16.6 Å². The lowest BCUT2D eigenvalue weighted by Gasteiger charge is -2.32. The average Bonchev–Trinajstić information content (AvgIpc) is 2.38. The maximum absolute atomic E-state index is 13.6. The van der Waals surface area contributed by atoms with Gasteiger partial charge in [0, 0.05) is 25.2 Å². The number of nitrogens with zero attached hydrogens (tertiary/aromatic N) is 1. The highest BCUT2D eigenvalue weighted by Gasteiger charge is 2.19. The summed E-state index contributed by atoms with van der Waals surface area (Å²) in [5.41, 5.74) is 0.377. The number of halogens is 3. The van der Waals surface area contributed by atoms with E-state index >= 15 is 0 Å². The fourth-order valence-electron chi connectivity index (χ4n) is 2.47. The molecule has 5 heteroatoms. The van der Waals surface area contributed by atoms with Gasteiger partial charge in [0.05, 0.1) is 10.2 Å². The fraction of sp³-hybridized carbons (Fsp3) is 0.571. The number of hydrogen-bond donors (Lipinski definition) is 1. The van der Waals surface area contributed by atoms with Gasteiger partial charge in [0.15, 0.2) is 0 Å². The fourth-order valence-corrected chi connectivity index (χ4v) is 2.81. The van der Waals surface area contributed by atoms with Crippen LogP contribution in [0.2, 0.25) is 0 Å². The zero-order chi connectivity index (χ0) is 13.8. The van der Waals surface area contributed by atoms with E-state index in [9.17, 15) is 8.78 Å². The largest absolute Gasteiger partial charge is 0.380 e. The Morgan fingerprint density at radius 2 is 1.95 bits per heavy atom. The molecule has 0 radical (unpaired) electrons.